The molecule has 1 aliphatic rings. The summed E-state index contributed by atoms with van der Waals surface area (Å²) >= 11 is 0. The van der Waals surface area contributed by atoms with Gasteiger partial charge in [0.1, 0.15) is 29.7 Å². The zero-order chi connectivity index (χ0) is 33.7. The molecule has 1 aliphatic heterocycles. The van der Waals surface area contributed by atoms with E-state index in [-0.39, 0.29) is 64.8 Å². The molecule has 1 amide bonds. The summed E-state index contributed by atoms with van der Waals surface area (Å²) in [6.45, 7) is 4.98. The van der Waals surface area contributed by atoms with Crippen molar-refractivity contribution in [2.24, 2.45) is 5.84 Å². The fourth-order valence-corrected chi connectivity index (χ4v) is 4.64. The van der Waals surface area contributed by atoms with E-state index in [9.17, 15) is 24.8 Å². The van der Waals surface area contributed by atoms with Crippen LogP contribution in [0.15, 0.2) is 66.7 Å². The number of hydrogen-bond acceptors (Lipinski definition) is 13. The van der Waals surface area contributed by atoms with Crippen molar-refractivity contribution in [3.05, 3.63) is 94.5 Å². The van der Waals surface area contributed by atoms with Gasteiger partial charge in [0.25, 0.3) is 11.8 Å². The first-order chi connectivity index (χ1) is 22.6. The summed E-state index contributed by atoms with van der Waals surface area (Å²) in [5.41, 5.74) is 1.69. The Labute approximate surface area is 269 Å². The van der Waals surface area contributed by atoms with Gasteiger partial charge in [-0.2, -0.15) is 15.2 Å². The van der Waals surface area contributed by atoms with Crippen LogP contribution < -0.4 is 25.6 Å². The number of carbonyl (C=O) groups excluding carboxylic acids is 3. The molecule has 0 radical (unpaired) electrons. The van der Waals surface area contributed by atoms with Crippen molar-refractivity contribution in [3.8, 4) is 29.5 Å². The van der Waals surface area contributed by atoms with Crippen LogP contribution in [0.5, 0.6) is 23.4 Å². The molecule has 0 spiro atoms. The molecule has 2 unspecified atom stereocenters. The van der Waals surface area contributed by atoms with Crippen LogP contribution in [0.2, 0.25) is 0 Å². The molecule has 2 heterocycles. The van der Waals surface area contributed by atoms with Crippen molar-refractivity contribution in [2.75, 3.05) is 16.9 Å². The Kier molecular flexibility index (Phi) is 9.60. The van der Waals surface area contributed by atoms with Crippen molar-refractivity contribution in [1.82, 2.24) is 9.97 Å². The van der Waals surface area contributed by atoms with Crippen LogP contribution in [-0.4, -0.2) is 51.7 Å². The standard InChI is InChI=1S/C33H30N6O8/c1-4-44-31(42)22-12-18(2)13-23(15-22)46-29-27-28(36-26(19(3)40)30(41)39(27)35)37-33(38-29)47-25-14-21(16-34)10-11-24(25)32(43)45-17-20-8-6-5-7-9-20/h5-15,19,26,40H,4,17,35H2,1-3H3,(H,36,37,38). The van der Waals surface area contributed by atoms with Crippen LogP contribution in [-0.2, 0) is 20.9 Å². The minimum atomic E-state index is -1.18. The van der Waals surface area contributed by atoms with Gasteiger partial charge in [-0.05, 0) is 68.3 Å². The average Bonchev–Trinajstić information content (AvgIpc) is 3.05. The van der Waals surface area contributed by atoms with E-state index in [1.165, 1.54) is 31.2 Å². The molecular weight excluding hydrogens is 608 g/mol. The van der Waals surface area contributed by atoms with E-state index in [0.29, 0.717) is 5.56 Å². The summed E-state index contributed by atoms with van der Waals surface area (Å²) in [6, 6.07) is 18.3. The number of hydrogen-bond donors (Lipinski definition) is 3. The van der Waals surface area contributed by atoms with Crippen molar-refractivity contribution < 1.29 is 38.4 Å². The van der Waals surface area contributed by atoms with Gasteiger partial charge in [0.05, 0.1) is 29.9 Å². The number of hydrazine groups is 1. The van der Waals surface area contributed by atoms with Gasteiger partial charge < -0.3 is 29.4 Å². The number of carbonyl (C=O) groups is 3. The van der Waals surface area contributed by atoms with E-state index in [2.05, 4.69) is 15.3 Å². The Bertz CT molecular complexity index is 1880. The Morgan fingerprint density at radius 1 is 1.06 bits per heavy atom. The summed E-state index contributed by atoms with van der Waals surface area (Å²) in [6.07, 6.45) is -1.17. The first kappa shape index (κ1) is 32.4. The normalized spacial score (nSPS) is 14.3. The quantitative estimate of drug-likeness (QED) is 0.127. The van der Waals surface area contributed by atoms with Gasteiger partial charge >= 0.3 is 17.9 Å². The van der Waals surface area contributed by atoms with Crippen molar-refractivity contribution in [1.29, 1.82) is 5.26 Å². The number of aryl methyl sites for hydroxylation is 1. The lowest BCUT2D eigenvalue weighted by molar-refractivity contribution is -0.121. The van der Waals surface area contributed by atoms with Crippen molar-refractivity contribution in [3.63, 3.8) is 0 Å². The molecule has 1 aromatic heterocycles. The summed E-state index contributed by atoms with van der Waals surface area (Å²) in [5, 5.41) is 23.4. The van der Waals surface area contributed by atoms with Crippen LogP contribution in [0.25, 0.3) is 0 Å². The highest BCUT2D eigenvalue weighted by molar-refractivity contribution is 6.05. The second-order valence-corrected chi connectivity index (χ2v) is 10.4. The summed E-state index contributed by atoms with van der Waals surface area (Å²) in [5.74, 6) is 3.90. The molecular formula is C33H30N6O8. The minimum Gasteiger partial charge on any atom is -0.462 e. The van der Waals surface area contributed by atoms with E-state index >= 15 is 0 Å². The summed E-state index contributed by atoms with van der Waals surface area (Å²) in [7, 11) is 0. The highest BCUT2D eigenvalue weighted by atomic mass is 16.5. The number of aromatic nitrogens is 2. The monoisotopic (exact) mass is 638 g/mol. The van der Waals surface area contributed by atoms with Crippen LogP contribution in [0.4, 0.5) is 11.5 Å². The number of nitrogens with zero attached hydrogens (tertiary/aromatic N) is 4. The number of ether oxygens (including phenoxy) is 4. The van der Waals surface area contributed by atoms with Gasteiger partial charge in [-0.3, -0.25) is 4.79 Å². The number of nitrogens with one attached hydrogen (secondary N) is 1. The van der Waals surface area contributed by atoms with Gasteiger partial charge in [-0.15, -0.1) is 0 Å². The second-order valence-electron chi connectivity index (χ2n) is 10.4. The molecule has 0 aliphatic carbocycles. The number of nitriles is 1. The molecule has 47 heavy (non-hydrogen) atoms. The smallest absolute Gasteiger partial charge is 0.342 e. The molecule has 14 nitrogen and oxygen atoms in total. The number of benzene rings is 3. The molecule has 0 fully saturated rings. The third-order valence-electron chi connectivity index (χ3n) is 6.87. The molecule has 14 heteroatoms. The maximum absolute atomic E-state index is 13.1. The number of anilines is 2. The van der Waals surface area contributed by atoms with Crippen molar-refractivity contribution in [2.45, 2.75) is 39.5 Å². The summed E-state index contributed by atoms with van der Waals surface area (Å²) in [4.78, 5) is 47.3. The molecule has 0 bridgehead atoms. The van der Waals surface area contributed by atoms with E-state index in [1.54, 1.807) is 38.1 Å². The third kappa shape index (κ3) is 7.28. The first-order valence-corrected chi connectivity index (χ1v) is 14.4. The van der Waals surface area contributed by atoms with Crippen LogP contribution in [0.1, 0.15) is 51.3 Å². The maximum atomic E-state index is 13.1. The highest BCUT2D eigenvalue weighted by Crippen LogP contribution is 2.41. The molecule has 3 aromatic carbocycles. The second kappa shape index (κ2) is 13.9. The fraction of sp³-hybridized carbons (Fsp3) is 0.212. The average molecular weight is 639 g/mol. The van der Waals surface area contributed by atoms with Crippen molar-refractivity contribution >= 4 is 29.4 Å². The van der Waals surface area contributed by atoms with Crippen LogP contribution >= 0.6 is 0 Å². The molecule has 2 atom stereocenters. The molecule has 5 rings (SSSR count). The SMILES string of the molecule is CCOC(=O)c1cc(C)cc(Oc2nc(Oc3cc(C#N)ccc3C(=O)OCc3ccccc3)nc3c2N(N)C(=O)C(C(C)O)N3)c1. The molecule has 240 valence electrons. The molecule has 4 N–H and O–H groups in total. The largest absolute Gasteiger partial charge is 0.462 e. The van der Waals surface area contributed by atoms with Crippen LogP contribution in [0, 0.1) is 18.3 Å². The lowest BCUT2D eigenvalue weighted by Gasteiger charge is -2.33. The number of aliphatic hydroxyl groups is 1. The highest BCUT2D eigenvalue weighted by Gasteiger charge is 2.38. The Balaban J connectivity index is 1.56. The summed E-state index contributed by atoms with van der Waals surface area (Å²) < 4.78 is 22.6. The molecule has 0 saturated carbocycles. The van der Waals surface area contributed by atoms with Gasteiger partial charge in [0.2, 0.25) is 0 Å². The maximum Gasteiger partial charge on any atom is 0.342 e. The zero-order valence-electron chi connectivity index (χ0n) is 25.6. The zero-order valence-corrected chi connectivity index (χ0v) is 25.6. The van der Waals surface area contributed by atoms with Gasteiger partial charge in [0, 0.05) is 0 Å². The van der Waals surface area contributed by atoms with E-state index in [0.717, 1.165) is 10.6 Å². The minimum absolute atomic E-state index is 0.0122. The number of amides is 1. The molecule has 4 aromatic rings. The number of nitrogens with two attached hydrogens (primary N) is 1. The predicted octanol–water partition coefficient (Wildman–Crippen LogP) is 4.16. The van der Waals surface area contributed by atoms with Gasteiger partial charge in [-0.1, -0.05) is 30.3 Å². The number of aliphatic hydroxyl groups excluding tert-OH is 1. The van der Waals surface area contributed by atoms with Crippen LogP contribution in [0.3, 0.4) is 0 Å². The topological polar surface area (TPSA) is 199 Å². The molecule has 0 saturated heterocycles. The lowest BCUT2D eigenvalue weighted by Crippen LogP contribution is -2.55. The lowest BCUT2D eigenvalue weighted by atomic mass is 10.1. The Morgan fingerprint density at radius 3 is 2.53 bits per heavy atom. The number of rotatable bonds is 10. The van der Waals surface area contributed by atoms with Gasteiger partial charge in [0.15, 0.2) is 11.5 Å². The number of esters is 2. The van der Waals surface area contributed by atoms with Gasteiger partial charge in [-0.25, -0.2) is 20.4 Å². The number of fused-ring (bicyclic) bond motifs is 1. The Morgan fingerprint density at radius 2 is 1.83 bits per heavy atom. The Hall–Kier alpha value is -6.04. The fourth-order valence-electron chi connectivity index (χ4n) is 4.64. The van der Waals surface area contributed by atoms with E-state index in [4.69, 9.17) is 24.8 Å². The van der Waals surface area contributed by atoms with E-state index in [1.807, 2.05) is 24.3 Å². The predicted molar refractivity (Wildman–Crippen MR) is 167 cm³/mol. The van der Waals surface area contributed by atoms with E-state index < -0.39 is 30.0 Å². The first-order valence-electron chi connectivity index (χ1n) is 14.4. The third-order valence-corrected chi connectivity index (χ3v) is 6.87.